The highest BCUT2D eigenvalue weighted by molar-refractivity contribution is 4.79. The Morgan fingerprint density at radius 2 is 0.913 bits per heavy atom. The summed E-state index contributed by atoms with van der Waals surface area (Å²) in [5, 5.41) is 0. The summed E-state index contributed by atoms with van der Waals surface area (Å²) in [6.45, 7) is 13.1. The Hall–Kier alpha value is -0.560. The van der Waals surface area contributed by atoms with Gasteiger partial charge in [0.2, 0.25) is 0 Å². The molecule has 0 saturated carbocycles. The lowest BCUT2D eigenvalue weighted by Gasteiger charge is -2.18. The summed E-state index contributed by atoms with van der Waals surface area (Å²) in [4.78, 5) is 2.42. The van der Waals surface area contributed by atoms with Gasteiger partial charge in [0.05, 0.1) is 0 Å². The van der Waals surface area contributed by atoms with Crippen LogP contribution in [0.15, 0.2) is 25.3 Å². The molecule has 0 unspecified atom stereocenters. The SMILES string of the molecule is C=CCN(CC=C)CCCCCCCCCCCCCCCC. The van der Waals surface area contributed by atoms with Gasteiger partial charge in [-0.2, -0.15) is 0 Å². The molecule has 0 aliphatic heterocycles. The van der Waals surface area contributed by atoms with Crippen LogP contribution in [0.5, 0.6) is 0 Å². The third-order valence-electron chi connectivity index (χ3n) is 4.60. The number of unbranched alkanes of at least 4 members (excludes halogenated alkanes) is 13. The average molecular weight is 322 g/mol. The zero-order chi connectivity index (χ0) is 17.0. The van der Waals surface area contributed by atoms with Gasteiger partial charge >= 0.3 is 0 Å². The highest BCUT2D eigenvalue weighted by Crippen LogP contribution is 2.13. The number of rotatable bonds is 19. The van der Waals surface area contributed by atoms with Gasteiger partial charge in [0.15, 0.2) is 0 Å². The Morgan fingerprint density at radius 3 is 1.26 bits per heavy atom. The Balaban J connectivity index is 3.18. The summed E-state index contributed by atoms with van der Waals surface area (Å²) < 4.78 is 0. The van der Waals surface area contributed by atoms with Crippen molar-refractivity contribution in [1.29, 1.82) is 0 Å². The van der Waals surface area contributed by atoms with E-state index in [1.54, 1.807) is 0 Å². The molecule has 136 valence electrons. The van der Waals surface area contributed by atoms with Crippen LogP contribution in [-0.4, -0.2) is 24.5 Å². The molecule has 0 spiro atoms. The zero-order valence-electron chi connectivity index (χ0n) is 16.0. The van der Waals surface area contributed by atoms with Gasteiger partial charge in [-0.25, -0.2) is 0 Å². The van der Waals surface area contributed by atoms with Gasteiger partial charge in [-0.1, -0.05) is 103 Å². The second-order valence-corrected chi connectivity index (χ2v) is 6.93. The maximum Gasteiger partial charge on any atom is 0.0163 e. The average Bonchev–Trinajstić information content (AvgIpc) is 2.55. The predicted octanol–water partition coefficient (Wildman–Crippen LogP) is 7.14. The van der Waals surface area contributed by atoms with Gasteiger partial charge in [0.1, 0.15) is 0 Å². The van der Waals surface area contributed by atoms with Crippen LogP contribution in [0.1, 0.15) is 96.8 Å². The molecule has 0 fully saturated rings. The first kappa shape index (κ1) is 22.4. The number of hydrogen-bond donors (Lipinski definition) is 0. The van der Waals surface area contributed by atoms with Crippen molar-refractivity contribution in [2.45, 2.75) is 96.8 Å². The summed E-state index contributed by atoms with van der Waals surface area (Å²) in [5.74, 6) is 0. The van der Waals surface area contributed by atoms with Gasteiger partial charge in [0.25, 0.3) is 0 Å². The van der Waals surface area contributed by atoms with E-state index >= 15 is 0 Å². The van der Waals surface area contributed by atoms with Crippen LogP contribution in [0.2, 0.25) is 0 Å². The van der Waals surface area contributed by atoms with Crippen LogP contribution in [0, 0.1) is 0 Å². The number of hydrogen-bond acceptors (Lipinski definition) is 1. The van der Waals surface area contributed by atoms with Gasteiger partial charge in [0, 0.05) is 13.1 Å². The van der Waals surface area contributed by atoms with E-state index in [0.717, 1.165) is 13.1 Å². The van der Waals surface area contributed by atoms with Crippen molar-refractivity contribution in [3.8, 4) is 0 Å². The Bertz CT molecular complexity index is 236. The molecular weight excluding hydrogens is 278 g/mol. The minimum atomic E-state index is 0.991. The van der Waals surface area contributed by atoms with Crippen molar-refractivity contribution in [2.75, 3.05) is 19.6 Å². The van der Waals surface area contributed by atoms with E-state index in [4.69, 9.17) is 0 Å². The summed E-state index contributed by atoms with van der Waals surface area (Å²) >= 11 is 0. The fourth-order valence-electron chi connectivity index (χ4n) is 3.15. The molecule has 0 saturated heterocycles. The van der Waals surface area contributed by atoms with Crippen LogP contribution >= 0.6 is 0 Å². The van der Waals surface area contributed by atoms with Crippen molar-refractivity contribution in [1.82, 2.24) is 4.90 Å². The van der Waals surface area contributed by atoms with Gasteiger partial charge in [-0.3, -0.25) is 4.90 Å². The molecule has 0 N–H and O–H groups in total. The molecule has 1 heteroatoms. The smallest absolute Gasteiger partial charge is 0.0163 e. The minimum Gasteiger partial charge on any atom is -0.296 e. The van der Waals surface area contributed by atoms with E-state index in [1.807, 2.05) is 12.2 Å². The maximum atomic E-state index is 3.82. The highest BCUT2D eigenvalue weighted by Gasteiger charge is 2.00. The molecule has 0 aliphatic rings. The lowest BCUT2D eigenvalue weighted by atomic mass is 10.0. The third-order valence-corrected chi connectivity index (χ3v) is 4.60. The van der Waals surface area contributed by atoms with E-state index in [2.05, 4.69) is 25.0 Å². The first-order valence-corrected chi connectivity index (χ1v) is 10.3. The molecule has 0 heterocycles. The fourth-order valence-corrected chi connectivity index (χ4v) is 3.15. The summed E-state index contributed by atoms with van der Waals surface area (Å²) in [6.07, 6.45) is 24.0. The largest absolute Gasteiger partial charge is 0.296 e. The molecule has 0 atom stereocenters. The van der Waals surface area contributed by atoms with E-state index in [1.165, 1.54) is 96.4 Å². The van der Waals surface area contributed by atoms with E-state index in [-0.39, 0.29) is 0 Å². The Kier molecular flexibility index (Phi) is 19.0. The van der Waals surface area contributed by atoms with Gasteiger partial charge in [-0.05, 0) is 13.0 Å². The summed E-state index contributed by atoms with van der Waals surface area (Å²) in [7, 11) is 0. The normalized spacial score (nSPS) is 11.0. The lowest BCUT2D eigenvalue weighted by molar-refractivity contribution is 0.324. The molecule has 0 rings (SSSR count). The Labute approximate surface area is 147 Å². The summed E-state index contributed by atoms with van der Waals surface area (Å²) in [5.41, 5.74) is 0. The minimum absolute atomic E-state index is 0.991. The van der Waals surface area contributed by atoms with E-state index in [0.29, 0.717) is 0 Å². The van der Waals surface area contributed by atoms with Crippen molar-refractivity contribution in [2.24, 2.45) is 0 Å². The monoisotopic (exact) mass is 321 g/mol. The second kappa shape index (κ2) is 19.5. The molecule has 0 aliphatic carbocycles. The van der Waals surface area contributed by atoms with E-state index < -0.39 is 0 Å². The maximum absolute atomic E-state index is 3.82. The Morgan fingerprint density at radius 1 is 0.565 bits per heavy atom. The third kappa shape index (κ3) is 17.6. The van der Waals surface area contributed by atoms with Crippen molar-refractivity contribution < 1.29 is 0 Å². The standard InChI is InChI=1S/C22H43N/c1-4-7-8-9-10-11-12-13-14-15-16-17-18-19-22-23(20-5-2)21-6-3/h5-6H,2-4,7-22H2,1H3. The summed E-state index contributed by atoms with van der Waals surface area (Å²) in [6, 6.07) is 0. The van der Waals surface area contributed by atoms with Gasteiger partial charge in [-0.15, -0.1) is 13.2 Å². The van der Waals surface area contributed by atoms with Crippen LogP contribution in [0.4, 0.5) is 0 Å². The van der Waals surface area contributed by atoms with Crippen LogP contribution in [0.25, 0.3) is 0 Å². The first-order chi connectivity index (χ1) is 11.3. The zero-order valence-corrected chi connectivity index (χ0v) is 16.0. The van der Waals surface area contributed by atoms with E-state index in [9.17, 15) is 0 Å². The molecular formula is C22H43N. The topological polar surface area (TPSA) is 3.24 Å². The quantitative estimate of drug-likeness (QED) is 0.180. The molecule has 0 radical (unpaired) electrons. The van der Waals surface area contributed by atoms with Crippen molar-refractivity contribution in [3.05, 3.63) is 25.3 Å². The fraction of sp³-hybridized carbons (Fsp3) is 0.818. The number of nitrogens with zero attached hydrogens (tertiary/aromatic N) is 1. The molecule has 23 heavy (non-hydrogen) atoms. The predicted molar refractivity (Wildman–Crippen MR) is 107 cm³/mol. The van der Waals surface area contributed by atoms with Crippen molar-refractivity contribution >= 4 is 0 Å². The molecule has 0 aromatic carbocycles. The van der Waals surface area contributed by atoms with Crippen LogP contribution in [-0.2, 0) is 0 Å². The van der Waals surface area contributed by atoms with Gasteiger partial charge < -0.3 is 0 Å². The molecule has 0 aromatic heterocycles. The van der Waals surface area contributed by atoms with Crippen LogP contribution < -0.4 is 0 Å². The first-order valence-electron chi connectivity index (χ1n) is 10.3. The van der Waals surface area contributed by atoms with Crippen LogP contribution in [0.3, 0.4) is 0 Å². The van der Waals surface area contributed by atoms with Crippen molar-refractivity contribution in [3.63, 3.8) is 0 Å². The molecule has 1 nitrogen and oxygen atoms in total. The molecule has 0 bridgehead atoms. The molecule has 0 amide bonds. The molecule has 0 aromatic rings. The lowest BCUT2D eigenvalue weighted by Crippen LogP contribution is -2.24. The highest BCUT2D eigenvalue weighted by atomic mass is 15.1. The second-order valence-electron chi connectivity index (χ2n) is 6.93.